The van der Waals surface area contributed by atoms with Gasteiger partial charge >= 0.3 is 0 Å². The van der Waals surface area contributed by atoms with Gasteiger partial charge in [0.15, 0.2) is 0 Å². The van der Waals surface area contributed by atoms with Gasteiger partial charge in [0.25, 0.3) is 0 Å². The molecule has 0 bridgehead atoms. The van der Waals surface area contributed by atoms with Gasteiger partial charge in [0.1, 0.15) is 0 Å². The number of hydrogen-bond acceptors (Lipinski definition) is 3. The highest BCUT2D eigenvalue weighted by molar-refractivity contribution is 6.33. The molecule has 0 atom stereocenters. The summed E-state index contributed by atoms with van der Waals surface area (Å²) < 4.78 is 0. The second-order valence-corrected chi connectivity index (χ2v) is 3.53. The molecule has 0 spiro atoms. The number of aromatic nitrogens is 1. The van der Waals surface area contributed by atoms with Crippen molar-refractivity contribution >= 4 is 23.5 Å². The van der Waals surface area contributed by atoms with E-state index in [4.69, 9.17) is 11.6 Å². The molecule has 1 aromatic heterocycles. The van der Waals surface area contributed by atoms with Gasteiger partial charge in [-0.25, -0.2) is 0 Å². The summed E-state index contributed by atoms with van der Waals surface area (Å²) in [4.78, 5) is 3.91. The van der Waals surface area contributed by atoms with Crippen molar-refractivity contribution in [3.8, 4) is 0 Å². The van der Waals surface area contributed by atoms with Crippen LogP contribution in [0.2, 0.25) is 5.02 Å². The van der Waals surface area contributed by atoms with Crippen molar-refractivity contribution in [3.05, 3.63) is 59.4 Å². The minimum absolute atomic E-state index is 0.683. The van der Waals surface area contributed by atoms with E-state index in [-0.39, 0.29) is 0 Å². The van der Waals surface area contributed by atoms with Crippen molar-refractivity contribution in [1.82, 2.24) is 4.98 Å². The van der Waals surface area contributed by atoms with E-state index in [0.717, 1.165) is 11.3 Å². The minimum atomic E-state index is 0.683. The SMILES string of the molecule is Clc1ccccc1/C=N\Nc1ccncc1. The van der Waals surface area contributed by atoms with Crippen molar-refractivity contribution in [2.75, 3.05) is 5.43 Å². The number of pyridine rings is 1. The Labute approximate surface area is 98.8 Å². The fraction of sp³-hybridized carbons (Fsp3) is 0. The maximum absolute atomic E-state index is 5.98. The smallest absolute Gasteiger partial charge is 0.0592 e. The van der Waals surface area contributed by atoms with Crippen molar-refractivity contribution < 1.29 is 0 Å². The molecule has 80 valence electrons. The standard InChI is InChI=1S/C12H10ClN3/c13-12-4-2-1-3-10(12)9-15-16-11-5-7-14-8-6-11/h1-9H,(H,14,16)/b15-9-. The summed E-state index contributed by atoms with van der Waals surface area (Å²) in [5.74, 6) is 0. The highest BCUT2D eigenvalue weighted by Crippen LogP contribution is 2.12. The molecule has 0 saturated carbocycles. The summed E-state index contributed by atoms with van der Waals surface area (Å²) >= 11 is 5.98. The van der Waals surface area contributed by atoms with Gasteiger partial charge in [0.05, 0.1) is 11.9 Å². The van der Waals surface area contributed by atoms with Crippen molar-refractivity contribution in [2.45, 2.75) is 0 Å². The Kier molecular flexibility index (Phi) is 3.51. The zero-order valence-corrected chi connectivity index (χ0v) is 9.22. The van der Waals surface area contributed by atoms with Crippen LogP contribution < -0.4 is 5.43 Å². The van der Waals surface area contributed by atoms with E-state index in [0.29, 0.717) is 5.02 Å². The van der Waals surface area contributed by atoms with E-state index < -0.39 is 0 Å². The van der Waals surface area contributed by atoms with Gasteiger partial charge in [0.2, 0.25) is 0 Å². The molecule has 2 aromatic rings. The van der Waals surface area contributed by atoms with E-state index in [1.165, 1.54) is 0 Å². The summed E-state index contributed by atoms with van der Waals surface area (Å²) in [6, 6.07) is 11.2. The second-order valence-electron chi connectivity index (χ2n) is 3.13. The topological polar surface area (TPSA) is 37.3 Å². The van der Waals surface area contributed by atoms with Crippen LogP contribution in [0.15, 0.2) is 53.9 Å². The first kappa shape index (κ1) is 10.6. The lowest BCUT2D eigenvalue weighted by molar-refractivity contribution is 1.28. The van der Waals surface area contributed by atoms with Crippen LogP contribution in [0.1, 0.15) is 5.56 Å². The number of nitrogens with one attached hydrogen (secondary N) is 1. The van der Waals surface area contributed by atoms with E-state index >= 15 is 0 Å². The van der Waals surface area contributed by atoms with Crippen LogP contribution in [0.5, 0.6) is 0 Å². The molecule has 16 heavy (non-hydrogen) atoms. The molecule has 0 amide bonds. The molecule has 1 heterocycles. The van der Waals surface area contributed by atoms with Crippen LogP contribution >= 0.6 is 11.6 Å². The third-order valence-corrected chi connectivity index (χ3v) is 2.33. The molecule has 3 nitrogen and oxygen atoms in total. The summed E-state index contributed by atoms with van der Waals surface area (Å²) in [6.45, 7) is 0. The Bertz CT molecular complexity index is 483. The van der Waals surface area contributed by atoms with Gasteiger partial charge in [-0.15, -0.1) is 0 Å². The van der Waals surface area contributed by atoms with Crippen molar-refractivity contribution in [2.24, 2.45) is 5.10 Å². The number of anilines is 1. The third kappa shape index (κ3) is 2.81. The maximum Gasteiger partial charge on any atom is 0.0592 e. The first-order chi connectivity index (χ1) is 7.86. The number of nitrogens with zero attached hydrogens (tertiary/aromatic N) is 2. The van der Waals surface area contributed by atoms with Crippen LogP contribution in [0.25, 0.3) is 0 Å². The number of rotatable bonds is 3. The quantitative estimate of drug-likeness (QED) is 0.651. The lowest BCUT2D eigenvalue weighted by Crippen LogP contribution is -1.90. The average Bonchev–Trinajstić information content (AvgIpc) is 2.33. The third-order valence-electron chi connectivity index (χ3n) is 1.98. The molecule has 4 heteroatoms. The van der Waals surface area contributed by atoms with Gasteiger partial charge in [-0.3, -0.25) is 10.4 Å². The van der Waals surface area contributed by atoms with Gasteiger partial charge in [0, 0.05) is 23.0 Å². The van der Waals surface area contributed by atoms with Crippen LogP contribution in [-0.4, -0.2) is 11.2 Å². The molecule has 0 aliphatic heterocycles. The summed E-state index contributed by atoms with van der Waals surface area (Å²) in [5.41, 5.74) is 4.66. The largest absolute Gasteiger partial charge is 0.278 e. The van der Waals surface area contributed by atoms with E-state index in [9.17, 15) is 0 Å². The van der Waals surface area contributed by atoms with E-state index in [2.05, 4.69) is 15.5 Å². The van der Waals surface area contributed by atoms with E-state index in [1.807, 2.05) is 36.4 Å². The molecule has 0 saturated heterocycles. The van der Waals surface area contributed by atoms with Crippen molar-refractivity contribution in [3.63, 3.8) is 0 Å². The Morgan fingerprint density at radius 1 is 1.12 bits per heavy atom. The summed E-state index contributed by atoms with van der Waals surface area (Å²) in [5, 5.41) is 4.77. The van der Waals surface area contributed by atoms with Gasteiger partial charge < -0.3 is 0 Å². The Balaban J connectivity index is 2.03. The van der Waals surface area contributed by atoms with Gasteiger partial charge in [-0.05, 0) is 18.2 Å². The Morgan fingerprint density at radius 2 is 1.88 bits per heavy atom. The molecule has 0 aliphatic carbocycles. The first-order valence-corrected chi connectivity index (χ1v) is 5.18. The second kappa shape index (κ2) is 5.28. The summed E-state index contributed by atoms with van der Waals surface area (Å²) in [6.07, 6.45) is 5.09. The average molecular weight is 232 g/mol. The van der Waals surface area contributed by atoms with Crippen LogP contribution in [-0.2, 0) is 0 Å². The molecule has 1 N–H and O–H groups in total. The fourth-order valence-electron chi connectivity index (χ4n) is 1.18. The monoisotopic (exact) mass is 231 g/mol. The highest BCUT2D eigenvalue weighted by Gasteiger charge is 1.93. The number of benzene rings is 1. The number of hydrogen-bond donors (Lipinski definition) is 1. The number of halogens is 1. The molecular weight excluding hydrogens is 222 g/mol. The number of hydrazone groups is 1. The lowest BCUT2D eigenvalue weighted by Gasteiger charge is -1.99. The van der Waals surface area contributed by atoms with Crippen LogP contribution in [0, 0.1) is 0 Å². The van der Waals surface area contributed by atoms with E-state index in [1.54, 1.807) is 18.6 Å². The maximum atomic E-state index is 5.98. The lowest BCUT2D eigenvalue weighted by atomic mass is 10.2. The molecular formula is C12H10ClN3. The first-order valence-electron chi connectivity index (χ1n) is 4.80. The molecule has 1 aromatic carbocycles. The Morgan fingerprint density at radius 3 is 2.62 bits per heavy atom. The minimum Gasteiger partial charge on any atom is -0.278 e. The molecule has 0 unspecified atom stereocenters. The molecule has 0 aliphatic rings. The van der Waals surface area contributed by atoms with Crippen LogP contribution in [0.3, 0.4) is 0 Å². The van der Waals surface area contributed by atoms with Crippen molar-refractivity contribution in [1.29, 1.82) is 0 Å². The molecule has 2 rings (SSSR count). The van der Waals surface area contributed by atoms with Gasteiger partial charge in [-0.1, -0.05) is 29.8 Å². The predicted molar refractivity (Wildman–Crippen MR) is 66.9 cm³/mol. The molecule has 0 fully saturated rings. The van der Waals surface area contributed by atoms with Gasteiger partial charge in [-0.2, -0.15) is 5.10 Å². The fourth-order valence-corrected chi connectivity index (χ4v) is 1.37. The van der Waals surface area contributed by atoms with Crippen LogP contribution in [0.4, 0.5) is 5.69 Å². The zero-order chi connectivity index (χ0) is 11.2. The Hall–Kier alpha value is -1.87. The predicted octanol–water partition coefficient (Wildman–Crippen LogP) is 3.18. The molecule has 0 radical (unpaired) electrons. The normalized spacial score (nSPS) is 10.6. The highest BCUT2D eigenvalue weighted by atomic mass is 35.5. The summed E-state index contributed by atoms with van der Waals surface area (Å²) in [7, 11) is 0. The zero-order valence-electron chi connectivity index (χ0n) is 8.47.